The van der Waals surface area contributed by atoms with E-state index in [2.05, 4.69) is 11.4 Å². The first-order chi connectivity index (χ1) is 10.3. The monoisotopic (exact) mass is 282 g/mol. The Kier molecular flexibility index (Phi) is 5.19. The van der Waals surface area contributed by atoms with Crippen LogP contribution in [-0.4, -0.2) is 14.2 Å². The third-order valence-corrected chi connectivity index (χ3v) is 3.20. The Hall–Kier alpha value is -2.51. The number of anilines is 1. The Morgan fingerprint density at radius 2 is 1.81 bits per heavy atom. The predicted octanol–water partition coefficient (Wildman–Crippen LogP) is 3.52. The Morgan fingerprint density at radius 1 is 1.10 bits per heavy atom. The molecular weight excluding hydrogens is 264 g/mol. The van der Waals surface area contributed by atoms with Crippen LogP contribution in [0.25, 0.3) is 0 Å². The second kappa shape index (κ2) is 7.32. The number of benzene rings is 2. The SMILES string of the molecule is COCc1ccccc1C(C#N)Nc1ccccc1OC. The molecule has 0 aliphatic rings. The molecule has 0 radical (unpaired) electrons. The van der Waals surface area contributed by atoms with E-state index in [1.165, 1.54) is 0 Å². The predicted molar refractivity (Wildman–Crippen MR) is 82.1 cm³/mol. The van der Waals surface area contributed by atoms with Gasteiger partial charge in [-0.2, -0.15) is 5.26 Å². The summed E-state index contributed by atoms with van der Waals surface area (Å²) < 4.78 is 10.5. The summed E-state index contributed by atoms with van der Waals surface area (Å²) in [6.07, 6.45) is 0. The molecule has 1 unspecified atom stereocenters. The second-order valence-electron chi connectivity index (χ2n) is 4.54. The van der Waals surface area contributed by atoms with Crippen LogP contribution in [0.5, 0.6) is 5.75 Å². The molecule has 0 aromatic heterocycles. The van der Waals surface area contributed by atoms with Gasteiger partial charge < -0.3 is 14.8 Å². The smallest absolute Gasteiger partial charge is 0.141 e. The fourth-order valence-electron chi connectivity index (χ4n) is 2.20. The van der Waals surface area contributed by atoms with E-state index in [0.717, 1.165) is 16.8 Å². The van der Waals surface area contributed by atoms with Crippen LogP contribution in [0.3, 0.4) is 0 Å². The maximum absolute atomic E-state index is 9.50. The molecule has 0 amide bonds. The molecule has 2 aromatic carbocycles. The number of para-hydroxylation sites is 2. The minimum absolute atomic E-state index is 0.465. The number of methoxy groups -OCH3 is 2. The number of nitrogens with one attached hydrogen (secondary N) is 1. The molecule has 1 N–H and O–H groups in total. The molecule has 21 heavy (non-hydrogen) atoms. The zero-order valence-electron chi connectivity index (χ0n) is 12.2. The van der Waals surface area contributed by atoms with Gasteiger partial charge in [-0.25, -0.2) is 0 Å². The quantitative estimate of drug-likeness (QED) is 0.880. The summed E-state index contributed by atoms with van der Waals surface area (Å²) in [7, 11) is 3.26. The minimum Gasteiger partial charge on any atom is -0.495 e. The topological polar surface area (TPSA) is 54.3 Å². The summed E-state index contributed by atoms with van der Waals surface area (Å²) in [5, 5.41) is 12.7. The second-order valence-corrected chi connectivity index (χ2v) is 4.54. The number of hydrogen-bond donors (Lipinski definition) is 1. The van der Waals surface area contributed by atoms with Crippen LogP contribution >= 0.6 is 0 Å². The zero-order chi connectivity index (χ0) is 15.1. The molecule has 0 bridgehead atoms. The first-order valence-corrected chi connectivity index (χ1v) is 6.66. The van der Waals surface area contributed by atoms with Crippen LogP contribution in [0.15, 0.2) is 48.5 Å². The molecule has 4 nitrogen and oxygen atoms in total. The van der Waals surface area contributed by atoms with Gasteiger partial charge >= 0.3 is 0 Å². The standard InChI is InChI=1S/C17H18N2O2/c1-20-12-13-7-3-4-8-14(13)16(11-18)19-15-9-5-6-10-17(15)21-2/h3-10,16,19H,12H2,1-2H3. The van der Waals surface area contributed by atoms with E-state index >= 15 is 0 Å². The van der Waals surface area contributed by atoms with Crippen molar-refractivity contribution in [3.05, 3.63) is 59.7 Å². The molecular formula is C17H18N2O2. The van der Waals surface area contributed by atoms with Gasteiger partial charge in [-0.3, -0.25) is 0 Å². The lowest BCUT2D eigenvalue weighted by Crippen LogP contribution is -2.12. The average molecular weight is 282 g/mol. The van der Waals surface area contributed by atoms with Gasteiger partial charge in [-0.15, -0.1) is 0 Å². The van der Waals surface area contributed by atoms with E-state index in [9.17, 15) is 5.26 Å². The first kappa shape index (κ1) is 14.9. The minimum atomic E-state index is -0.465. The highest BCUT2D eigenvalue weighted by atomic mass is 16.5. The molecule has 2 rings (SSSR count). The first-order valence-electron chi connectivity index (χ1n) is 6.66. The molecule has 0 aliphatic carbocycles. The summed E-state index contributed by atoms with van der Waals surface area (Å²) in [6, 6.07) is 17.1. The van der Waals surface area contributed by atoms with Gasteiger partial charge in [-0.05, 0) is 23.3 Å². The maximum Gasteiger partial charge on any atom is 0.141 e. The molecule has 0 aliphatic heterocycles. The van der Waals surface area contributed by atoms with Crippen molar-refractivity contribution < 1.29 is 9.47 Å². The van der Waals surface area contributed by atoms with E-state index < -0.39 is 6.04 Å². The number of nitrogens with zero attached hydrogens (tertiary/aromatic N) is 1. The van der Waals surface area contributed by atoms with Gasteiger partial charge in [0, 0.05) is 7.11 Å². The summed E-state index contributed by atoms with van der Waals surface area (Å²) in [5.74, 6) is 0.710. The molecule has 0 spiro atoms. The average Bonchev–Trinajstić information content (AvgIpc) is 2.54. The molecule has 0 saturated carbocycles. The summed E-state index contributed by atoms with van der Waals surface area (Å²) in [6.45, 7) is 0.474. The highest BCUT2D eigenvalue weighted by molar-refractivity contribution is 5.58. The van der Waals surface area contributed by atoms with E-state index in [-0.39, 0.29) is 0 Å². The Labute approximate surface area is 124 Å². The number of nitriles is 1. The van der Waals surface area contributed by atoms with Crippen molar-refractivity contribution in [1.82, 2.24) is 0 Å². The van der Waals surface area contributed by atoms with Crippen molar-refractivity contribution in [2.45, 2.75) is 12.6 Å². The van der Waals surface area contributed by atoms with Crippen molar-refractivity contribution >= 4 is 5.69 Å². The highest BCUT2D eigenvalue weighted by Crippen LogP contribution is 2.29. The molecule has 2 aromatic rings. The molecule has 0 heterocycles. The molecule has 0 saturated heterocycles. The normalized spacial score (nSPS) is 11.5. The third kappa shape index (κ3) is 3.53. The van der Waals surface area contributed by atoms with Crippen molar-refractivity contribution in [2.75, 3.05) is 19.5 Å². The molecule has 108 valence electrons. The summed E-state index contributed by atoms with van der Waals surface area (Å²) in [4.78, 5) is 0. The molecule has 4 heteroatoms. The van der Waals surface area contributed by atoms with Crippen molar-refractivity contribution in [2.24, 2.45) is 0 Å². The Bertz CT molecular complexity index is 635. The van der Waals surface area contributed by atoms with Crippen molar-refractivity contribution in [3.63, 3.8) is 0 Å². The van der Waals surface area contributed by atoms with E-state index in [1.54, 1.807) is 14.2 Å². The number of rotatable bonds is 6. The van der Waals surface area contributed by atoms with Crippen LogP contribution in [0.2, 0.25) is 0 Å². The van der Waals surface area contributed by atoms with Crippen LogP contribution < -0.4 is 10.1 Å². The number of hydrogen-bond acceptors (Lipinski definition) is 4. The van der Waals surface area contributed by atoms with E-state index in [0.29, 0.717) is 12.4 Å². The van der Waals surface area contributed by atoms with Gasteiger partial charge in [0.25, 0.3) is 0 Å². The highest BCUT2D eigenvalue weighted by Gasteiger charge is 2.15. The van der Waals surface area contributed by atoms with E-state index in [4.69, 9.17) is 9.47 Å². The van der Waals surface area contributed by atoms with Crippen LogP contribution in [0.4, 0.5) is 5.69 Å². The van der Waals surface area contributed by atoms with Gasteiger partial charge in [0.2, 0.25) is 0 Å². The Balaban J connectivity index is 2.31. The fourth-order valence-corrected chi connectivity index (χ4v) is 2.20. The third-order valence-electron chi connectivity index (χ3n) is 3.20. The zero-order valence-corrected chi connectivity index (χ0v) is 12.2. The van der Waals surface area contributed by atoms with Crippen molar-refractivity contribution in [3.8, 4) is 11.8 Å². The lowest BCUT2D eigenvalue weighted by Gasteiger charge is -2.18. The largest absolute Gasteiger partial charge is 0.495 e. The fraction of sp³-hybridized carbons (Fsp3) is 0.235. The lowest BCUT2D eigenvalue weighted by atomic mass is 10.0. The maximum atomic E-state index is 9.50. The van der Waals surface area contributed by atoms with Crippen molar-refractivity contribution in [1.29, 1.82) is 5.26 Å². The Morgan fingerprint density at radius 3 is 2.52 bits per heavy atom. The van der Waals surface area contributed by atoms with Crippen LogP contribution in [0, 0.1) is 11.3 Å². The summed E-state index contributed by atoms with van der Waals surface area (Å²) in [5.41, 5.74) is 2.69. The van der Waals surface area contributed by atoms with Gasteiger partial charge in [-0.1, -0.05) is 36.4 Å². The van der Waals surface area contributed by atoms with Crippen LogP contribution in [-0.2, 0) is 11.3 Å². The summed E-state index contributed by atoms with van der Waals surface area (Å²) >= 11 is 0. The van der Waals surface area contributed by atoms with Gasteiger partial charge in [0.05, 0.1) is 25.5 Å². The van der Waals surface area contributed by atoms with E-state index in [1.807, 2.05) is 48.5 Å². The van der Waals surface area contributed by atoms with Gasteiger partial charge in [0.1, 0.15) is 11.8 Å². The van der Waals surface area contributed by atoms with Crippen LogP contribution in [0.1, 0.15) is 17.2 Å². The van der Waals surface area contributed by atoms with Gasteiger partial charge in [0.15, 0.2) is 0 Å². The molecule has 1 atom stereocenters. The number of ether oxygens (including phenoxy) is 2. The lowest BCUT2D eigenvalue weighted by molar-refractivity contribution is 0.184. The molecule has 0 fully saturated rings.